The minimum atomic E-state index is -1.28. The van der Waals surface area contributed by atoms with Crippen LogP contribution in [0.3, 0.4) is 0 Å². The average Bonchev–Trinajstić information content (AvgIpc) is 2.37. The Hall–Kier alpha value is -0.570. The number of Topliss-reactive ketones (excluding diaryl/α,β-unsaturated/α-hetero) is 1. The zero-order valence-corrected chi connectivity index (χ0v) is 9.83. The third kappa shape index (κ3) is 3.21. The Morgan fingerprint density at radius 2 is 1.69 bits per heavy atom. The molecule has 1 aliphatic rings. The molecule has 0 aromatic carbocycles. The van der Waals surface area contributed by atoms with Gasteiger partial charge in [0.05, 0.1) is 6.42 Å². The van der Waals surface area contributed by atoms with Crippen molar-refractivity contribution in [2.45, 2.75) is 12.4 Å². The number of hydrogen-bond donors (Lipinski definition) is 3. The second-order valence-corrected chi connectivity index (χ2v) is 3.52. The van der Waals surface area contributed by atoms with Crippen LogP contribution in [0.25, 0.3) is 0 Å². The summed E-state index contributed by atoms with van der Waals surface area (Å²) in [6, 6.07) is 0. The Morgan fingerprint density at radius 3 is 2.12 bits per heavy atom. The molecular weight excluding hydrogens is 214 g/mol. The van der Waals surface area contributed by atoms with Crippen molar-refractivity contribution in [1.29, 1.82) is 0 Å². The van der Waals surface area contributed by atoms with Gasteiger partial charge in [-0.15, -0.1) is 0 Å². The van der Waals surface area contributed by atoms with E-state index in [0.717, 1.165) is 0 Å². The molecule has 1 saturated heterocycles. The number of ketones is 1. The van der Waals surface area contributed by atoms with Crippen molar-refractivity contribution >= 4 is 5.78 Å². The van der Waals surface area contributed by atoms with Crippen LogP contribution in [0.2, 0.25) is 0 Å². The summed E-state index contributed by atoms with van der Waals surface area (Å²) in [7, 11) is 4.33. The highest BCUT2D eigenvalue weighted by molar-refractivity contribution is 5.82. The van der Waals surface area contributed by atoms with Crippen LogP contribution in [0.5, 0.6) is 0 Å². The van der Waals surface area contributed by atoms with E-state index in [4.69, 9.17) is 14.2 Å². The topological polar surface area (TPSA) is 80.9 Å². The standard InChI is InChI=1S/C9H19N3O4/c1-14-9(15-2,16-3)4-8(13)7-5-10-12-11-6-7/h7,10-12H,4-6H2,1-3H3. The van der Waals surface area contributed by atoms with E-state index in [1.165, 1.54) is 21.3 Å². The lowest BCUT2D eigenvalue weighted by molar-refractivity contribution is -0.350. The van der Waals surface area contributed by atoms with Crippen LogP contribution in [-0.2, 0) is 19.0 Å². The van der Waals surface area contributed by atoms with Gasteiger partial charge in [0.15, 0.2) is 0 Å². The van der Waals surface area contributed by atoms with Gasteiger partial charge in [0.25, 0.3) is 5.97 Å². The van der Waals surface area contributed by atoms with E-state index in [-0.39, 0.29) is 18.1 Å². The summed E-state index contributed by atoms with van der Waals surface area (Å²) in [6.45, 7) is 1.14. The fourth-order valence-corrected chi connectivity index (χ4v) is 1.54. The van der Waals surface area contributed by atoms with Crippen LogP contribution in [0.1, 0.15) is 6.42 Å². The number of methoxy groups -OCH3 is 3. The molecule has 16 heavy (non-hydrogen) atoms. The molecule has 0 unspecified atom stereocenters. The van der Waals surface area contributed by atoms with Gasteiger partial charge in [0, 0.05) is 40.3 Å². The summed E-state index contributed by atoms with van der Waals surface area (Å²) in [4.78, 5) is 11.9. The Kier molecular flexibility index (Phi) is 5.26. The van der Waals surface area contributed by atoms with Crippen molar-refractivity contribution in [2.24, 2.45) is 5.92 Å². The number of ether oxygens (including phenoxy) is 3. The molecule has 1 fully saturated rings. The monoisotopic (exact) mass is 233 g/mol. The molecule has 1 heterocycles. The molecule has 0 aromatic rings. The van der Waals surface area contributed by atoms with Gasteiger partial charge in [-0.25, -0.2) is 10.9 Å². The van der Waals surface area contributed by atoms with Crippen molar-refractivity contribution in [1.82, 2.24) is 16.4 Å². The lowest BCUT2D eigenvalue weighted by Crippen LogP contribution is -2.56. The first-order valence-electron chi connectivity index (χ1n) is 5.06. The summed E-state index contributed by atoms with van der Waals surface area (Å²) in [6.07, 6.45) is 0.0600. The molecule has 1 aliphatic heterocycles. The van der Waals surface area contributed by atoms with Crippen molar-refractivity contribution in [3.05, 3.63) is 0 Å². The maximum absolute atomic E-state index is 11.9. The molecule has 0 radical (unpaired) electrons. The highest BCUT2D eigenvalue weighted by atomic mass is 16.9. The minimum absolute atomic E-state index is 0.0204. The smallest absolute Gasteiger partial charge is 0.289 e. The highest BCUT2D eigenvalue weighted by Gasteiger charge is 2.35. The number of hydrazine groups is 2. The van der Waals surface area contributed by atoms with Crippen molar-refractivity contribution in [3.63, 3.8) is 0 Å². The molecule has 0 aromatic heterocycles. The van der Waals surface area contributed by atoms with Gasteiger partial charge in [0.1, 0.15) is 5.78 Å². The van der Waals surface area contributed by atoms with E-state index >= 15 is 0 Å². The molecule has 7 heteroatoms. The lowest BCUT2D eigenvalue weighted by atomic mass is 10.0. The molecule has 94 valence electrons. The quantitative estimate of drug-likeness (QED) is 0.495. The van der Waals surface area contributed by atoms with Crippen LogP contribution < -0.4 is 16.4 Å². The second kappa shape index (κ2) is 6.24. The number of nitrogens with one attached hydrogen (secondary N) is 3. The molecule has 0 amide bonds. The first-order valence-corrected chi connectivity index (χ1v) is 5.06. The Labute approximate surface area is 94.7 Å². The fraction of sp³-hybridized carbons (Fsp3) is 0.889. The first-order chi connectivity index (χ1) is 7.67. The van der Waals surface area contributed by atoms with Gasteiger partial charge in [0.2, 0.25) is 0 Å². The third-order valence-electron chi connectivity index (χ3n) is 2.65. The number of carbonyl (C=O) groups is 1. The van der Waals surface area contributed by atoms with E-state index in [9.17, 15) is 4.79 Å². The predicted molar refractivity (Wildman–Crippen MR) is 56.0 cm³/mol. The molecule has 3 N–H and O–H groups in total. The zero-order valence-electron chi connectivity index (χ0n) is 9.83. The normalized spacial score (nSPS) is 18.7. The molecule has 1 rings (SSSR count). The third-order valence-corrected chi connectivity index (χ3v) is 2.65. The summed E-state index contributed by atoms with van der Waals surface area (Å²) >= 11 is 0. The molecule has 7 nitrogen and oxygen atoms in total. The Balaban J connectivity index is 2.53. The molecule has 0 atom stereocenters. The SMILES string of the molecule is COC(CC(=O)C1CNNNC1)(OC)OC. The van der Waals surface area contributed by atoms with Gasteiger partial charge in [-0.05, 0) is 0 Å². The average molecular weight is 233 g/mol. The summed E-state index contributed by atoms with van der Waals surface area (Å²) in [5, 5.41) is 0. The van der Waals surface area contributed by atoms with Crippen molar-refractivity contribution < 1.29 is 19.0 Å². The summed E-state index contributed by atoms with van der Waals surface area (Å²) in [5.41, 5.74) is 8.43. The van der Waals surface area contributed by atoms with E-state index in [1.807, 2.05) is 0 Å². The molecular formula is C9H19N3O4. The minimum Gasteiger partial charge on any atom is -0.330 e. The van der Waals surface area contributed by atoms with E-state index in [1.54, 1.807) is 0 Å². The molecule has 0 saturated carbocycles. The van der Waals surface area contributed by atoms with Gasteiger partial charge >= 0.3 is 0 Å². The second-order valence-electron chi connectivity index (χ2n) is 3.52. The Morgan fingerprint density at radius 1 is 1.19 bits per heavy atom. The zero-order chi connectivity index (χ0) is 12.0. The lowest BCUT2D eigenvalue weighted by Gasteiger charge is -2.30. The van der Waals surface area contributed by atoms with Crippen LogP contribution in [0.15, 0.2) is 0 Å². The summed E-state index contributed by atoms with van der Waals surface area (Å²) < 4.78 is 15.2. The van der Waals surface area contributed by atoms with Crippen LogP contribution in [0.4, 0.5) is 0 Å². The van der Waals surface area contributed by atoms with Gasteiger partial charge in [-0.1, -0.05) is 0 Å². The van der Waals surface area contributed by atoms with Gasteiger partial charge in [-0.3, -0.25) is 4.79 Å². The van der Waals surface area contributed by atoms with Gasteiger partial charge in [-0.2, -0.15) is 5.53 Å². The summed E-state index contributed by atoms with van der Waals surface area (Å²) in [5.74, 6) is -1.38. The predicted octanol–water partition coefficient (Wildman–Crippen LogP) is -1.23. The number of rotatable bonds is 6. The fourth-order valence-electron chi connectivity index (χ4n) is 1.54. The number of hydrogen-bond acceptors (Lipinski definition) is 7. The van der Waals surface area contributed by atoms with Crippen LogP contribution >= 0.6 is 0 Å². The molecule has 0 aliphatic carbocycles. The van der Waals surface area contributed by atoms with Crippen LogP contribution in [-0.4, -0.2) is 46.2 Å². The Bertz CT molecular complexity index is 219. The van der Waals surface area contributed by atoms with Crippen molar-refractivity contribution in [3.8, 4) is 0 Å². The molecule has 0 spiro atoms. The van der Waals surface area contributed by atoms with Crippen LogP contribution in [0, 0.1) is 5.92 Å². The van der Waals surface area contributed by atoms with E-state index in [2.05, 4.69) is 16.4 Å². The maximum atomic E-state index is 11.9. The van der Waals surface area contributed by atoms with E-state index in [0.29, 0.717) is 13.1 Å². The maximum Gasteiger partial charge on any atom is 0.289 e. The van der Waals surface area contributed by atoms with Crippen molar-refractivity contribution in [2.75, 3.05) is 34.4 Å². The molecule has 0 bridgehead atoms. The van der Waals surface area contributed by atoms with E-state index < -0.39 is 5.97 Å². The largest absolute Gasteiger partial charge is 0.330 e. The first kappa shape index (κ1) is 13.5. The number of carbonyl (C=O) groups excluding carboxylic acids is 1. The highest BCUT2D eigenvalue weighted by Crippen LogP contribution is 2.19. The van der Waals surface area contributed by atoms with Gasteiger partial charge < -0.3 is 14.2 Å².